The molecule has 1 atom stereocenters. The van der Waals surface area contributed by atoms with Crippen LogP contribution in [-0.2, 0) is 10.0 Å². The average Bonchev–Trinajstić information content (AvgIpc) is 2.53. The molecule has 0 radical (unpaired) electrons. The zero-order chi connectivity index (χ0) is 17.0. The quantitative estimate of drug-likeness (QED) is 0.648. The largest absolute Gasteiger partial charge is 0.306 e. The van der Waals surface area contributed by atoms with E-state index in [1.165, 1.54) is 0 Å². The van der Waals surface area contributed by atoms with E-state index >= 15 is 0 Å². The molecule has 0 fully saturated rings. The maximum atomic E-state index is 13.3. The van der Waals surface area contributed by atoms with Crippen LogP contribution in [0.2, 0.25) is 0 Å². The van der Waals surface area contributed by atoms with Crippen molar-refractivity contribution >= 4 is 15.7 Å². The predicted octanol–water partition coefficient (Wildman–Crippen LogP) is 2.82. The molecule has 0 bridgehead atoms. The molecule has 0 aromatic heterocycles. The molecule has 0 aliphatic rings. The highest BCUT2D eigenvalue weighted by molar-refractivity contribution is 7.89. The zero-order valence-electron chi connectivity index (χ0n) is 12.3. The first-order chi connectivity index (χ1) is 10.8. The highest BCUT2D eigenvalue weighted by atomic mass is 32.2. The Morgan fingerprint density at radius 1 is 1.22 bits per heavy atom. The van der Waals surface area contributed by atoms with Crippen LogP contribution in [0.4, 0.5) is 10.1 Å². The van der Waals surface area contributed by atoms with Crippen LogP contribution < -0.4 is 4.72 Å². The lowest BCUT2D eigenvalue weighted by Crippen LogP contribution is -2.27. The molecule has 2 aromatic rings. The topological polar surface area (TPSA) is 89.3 Å². The first-order valence-corrected chi connectivity index (χ1v) is 8.28. The van der Waals surface area contributed by atoms with Gasteiger partial charge in [0.2, 0.25) is 15.8 Å². The lowest BCUT2D eigenvalue weighted by molar-refractivity contribution is -0.387. The summed E-state index contributed by atoms with van der Waals surface area (Å²) in [5.74, 6) is -1.16. The molecule has 0 saturated carbocycles. The van der Waals surface area contributed by atoms with Crippen LogP contribution >= 0.6 is 0 Å². The van der Waals surface area contributed by atoms with E-state index in [4.69, 9.17) is 0 Å². The van der Waals surface area contributed by atoms with E-state index in [2.05, 4.69) is 4.72 Å². The number of nitrogens with one attached hydrogen (secondary N) is 1. The molecular formula is C15H15FN2O4S. The first-order valence-electron chi connectivity index (χ1n) is 6.80. The second kappa shape index (κ2) is 6.84. The van der Waals surface area contributed by atoms with E-state index < -0.39 is 26.5 Å². The Bertz CT molecular complexity index is 809. The van der Waals surface area contributed by atoms with Gasteiger partial charge in [-0.05, 0) is 23.6 Å². The molecular weight excluding hydrogens is 323 g/mol. The van der Waals surface area contributed by atoms with Crippen LogP contribution in [0.5, 0.6) is 0 Å². The predicted molar refractivity (Wildman–Crippen MR) is 83.1 cm³/mol. The molecule has 0 aliphatic heterocycles. The Balaban J connectivity index is 2.16. The molecule has 0 amide bonds. The van der Waals surface area contributed by atoms with Crippen LogP contribution in [0.1, 0.15) is 18.4 Å². The van der Waals surface area contributed by atoms with Crippen molar-refractivity contribution in [1.82, 2.24) is 4.72 Å². The summed E-state index contributed by atoms with van der Waals surface area (Å²) in [5, 5.41) is 10.7. The Morgan fingerprint density at radius 2 is 1.87 bits per heavy atom. The maximum Gasteiger partial charge on any atom is 0.306 e. The minimum absolute atomic E-state index is 0.0820. The van der Waals surface area contributed by atoms with Crippen LogP contribution in [0.15, 0.2) is 53.4 Å². The van der Waals surface area contributed by atoms with Gasteiger partial charge in [0.15, 0.2) is 0 Å². The van der Waals surface area contributed by atoms with Gasteiger partial charge in [0.25, 0.3) is 0 Å². The minimum atomic E-state index is -3.96. The Kier molecular flexibility index (Phi) is 5.07. The van der Waals surface area contributed by atoms with Gasteiger partial charge in [-0.1, -0.05) is 37.3 Å². The molecule has 8 heteroatoms. The molecule has 0 heterocycles. The highest BCUT2D eigenvalue weighted by Crippen LogP contribution is 2.22. The standard InChI is InChI=1S/C15H15FN2O4S/c1-11(12-5-3-2-4-6-12)10-17-23(21,22)13-7-8-14(16)15(9-13)18(19)20/h2-9,11,17H,10H2,1H3/t11-/m1/s1. The zero-order valence-corrected chi connectivity index (χ0v) is 13.1. The van der Waals surface area contributed by atoms with Gasteiger partial charge in [0, 0.05) is 12.6 Å². The van der Waals surface area contributed by atoms with E-state index in [0.29, 0.717) is 6.07 Å². The monoisotopic (exact) mass is 338 g/mol. The number of halogens is 1. The molecule has 2 rings (SSSR count). The van der Waals surface area contributed by atoms with Crippen molar-refractivity contribution in [2.45, 2.75) is 17.7 Å². The van der Waals surface area contributed by atoms with Gasteiger partial charge in [-0.25, -0.2) is 13.1 Å². The first kappa shape index (κ1) is 17.0. The molecule has 0 unspecified atom stereocenters. The number of rotatable bonds is 6. The van der Waals surface area contributed by atoms with E-state index in [9.17, 15) is 22.9 Å². The van der Waals surface area contributed by atoms with Crippen molar-refractivity contribution in [2.75, 3.05) is 6.54 Å². The second-order valence-corrected chi connectivity index (χ2v) is 6.80. The fourth-order valence-corrected chi connectivity index (χ4v) is 3.17. The van der Waals surface area contributed by atoms with Gasteiger partial charge >= 0.3 is 5.69 Å². The summed E-state index contributed by atoms with van der Waals surface area (Å²) >= 11 is 0. The van der Waals surface area contributed by atoms with Crippen molar-refractivity contribution < 1.29 is 17.7 Å². The van der Waals surface area contributed by atoms with Gasteiger partial charge in [0.05, 0.1) is 9.82 Å². The van der Waals surface area contributed by atoms with E-state index in [0.717, 1.165) is 17.7 Å². The van der Waals surface area contributed by atoms with E-state index in [-0.39, 0.29) is 17.4 Å². The normalized spacial score (nSPS) is 12.8. The molecule has 0 aliphatic carbocycles. The van der Waals surface area contributed by atoms with Gasteiger partial charge in [0.1, 0.15) is 0 Å². The number of hydrogen-bond donors (Lipinski definition) is 1. The number of sulfonamides is 1. The Morgan fingerprint density at radius 3 is 2.48 bits per heavy atom. The summed E-state index contributed by atoms with van der Waals surface area (Å²) < 4.78 is 40.1. The third-order valence-electron chi connectivity index (χ3n) is 3.37. The van der Waals surface area contributed by atoms with Gasteiger partial charge in [-0.2, -0.15) is 4.39 Å². The Hall–Kier alpha value is -2.32. The van der Waals surface area contributed by atoms with Crippen molar-refractivity contribution in [3.8, 4) is 0 Å². The summed E-state index contributed by atoms with van der Waals surface area (Å²) in [5.41, 5.74) is 0.0873. The van der Waals surface area contributed by atoms with Crippen molar-refractivity contribution in [3.63, 3.8) is 0 Å². The molecule has 1 N–H and O–H groups in total. The summed E-state index contributed by atoms with van der Waals surface area (Å²) in [6.45, 7) is 1.97. The number of nitro benzene ring substituents is 1. The van der Waals surface area contributed by atoms with E-state index in [1.807, 2.05) is 37.3 Å². The smallest absolute Gasteiger partial charge is 0.258 e. The minimum Gasteiger partial charge on any atom is -0.258 e. The molecule has 0 saturated heterocycles. The lowest BCUT2D eigenvalue weighted by atomic mass is 10.0. The summed E-state index contributed by atoms with van der Waals surface area (Å²) in [7, 11) is -3.96. The fourth-order valence-electron chi connectivity index (χ4n) is 2.02. The number of hydrogen-bond acceptors (Lipinski definition) is 4. The highest BCUT2D eigenvalue weighted by Gasteiger charge is 2.22. The third-order valence-corrected chi connectivity index (χ3v) is 4.79. The van der Waals surface area contributed by atoms with Gasteiger partial charge in [-0.15, -0.1) is 0 Å². The van der Waals surface area contributed by atoms with E-state index in [1.54, 1.807) is 0 Å². The summed E-state index contributed by atoms with van der Waals surface area (Å²) in [6, 6.07) is 11.8. The van der Waals surface area contributed by atoms with Crippen LogP contribution in [0.3, 0.4) is 0 Å². The second-order valence-electron chi connectivity index (χ2n) is 5.03. The van der Waals surface area contributed by atoms with Crippen molar-refractivity contribution in [1.29, 1.82) is 0 Å². The molecule has 0 spiro atoms. The van der Waals surface area contributed by atoms with Crippen LogP contribution in [0.25, 0.3) is 0 Å². The molecule has 6 nitrogen and oxygen atoms in total. The number of benzene rings is 2. The SMILES string of the molecule is C[C@H](CNS(=O)(=O)c1ccc(F)c([N+](=O)[O-])c1)c1ccccc1. The lowest BCUT2D eigenvalue weighted by Gasteiger charge is -2.13. The van der Waals surface area contributed by atoms with Crippen molar-refractivity contribution in [3.05, 3.63) is 70.0 Å². The van der Waals surface area contributed by atoms with Crippen molar-refractivity contribution in [2.24, 2.45) is 0 Å². The molecule has 2 aromatic carbocycles. The molecule has 122 valence electrons. The van der Waals surface area contributed by atoms with Crippen LogP contribution in [-0.4, -0.2) is 19.9 Å². The van der Waals surface area contributed by atoms with Crippen LogP contribution in [0, 0.1) is 15.9 Å². The third kappa shape index (κ3) is 4.11. The maximum absolute atomic E-state index is 13.3. The van der Waals surface area contributed by atoms with Gasteiger partial charge < -0.3 is 0 Å². The fraction of sp³-hybridized carbons (Fsp3) is 0.200. The summed E-state index contributed by atoms with van der Waals surface area (Å²) in [6.07, 6.45) is 0. The number of nitrogens with zero attached hydrogens (tertiary/aromatic N) is 1. The summed E-state index contributed by atoms with van der Waals surface area (Å²) in [4.78, 5) is 9.40. The van der Waals surface area contributed by atoms with Gasteiger partial charge in [-0.3, -0.25) is 10.1 Å². The number of nitro groups is 1. The molecule has 23 heavy (non-hydrogen) atoms. The Labute approximate surface area is 133 Å². The average molecular weight is 338 g/mol.